The average molecular weight is 249 g/mol. The van der Waals surface area contributed by atoms with Gasteiger partial charge in [-0.2, -0.15) is 0 Å². The number of anilines is 1. The molecule has 0 unspecified atom stereocenters. The molecule has 1 aromatic heterocycles. The lowest BCUT2D eigenvalue weighted by molar-refractivity contribution is 0.307. The molecule has 0 fully saturated rings. The zero-order valence-electron chi connectivity index (χ0n) is 9.48. The van der Waals surface area contributed by atoms with Crippen molar-refractivity contribution in [1.82, 2.24) is 4.98 Å². The lowest BCUT2D eigenvalue weighted by Crippen LogP contribution is -1.99. The Bertz CT molecular complexity index is 529. The number of aromatic nitrogens is 1. The molecule has 0 aliphatic rings. The minimum Gasteiger partial charge on any atom is -0.487 e. The van der Waals surface area contributed by atoms with E-state index in [4.69, 9.17) is 22.1 Å². The van der Waals surface area contributed by atoms with Crippen molar-refractivity contribution in [2.24, 2.45) is 0 Å². The molecule has 1 heterocycles. The number of benzene rings is 1. The number of aryl methyl sites for hydroxylation is 1. The molecule has 2 aromatic rings. The SMILES string of the molecule is Cc1cncc(COc2ccc(Cl)cc2N)c1. The summed E-state index contributed by atoms with van der Waals surface area (Å²) >= 11 is 5.81. The molecule has 0 amide bonds. The third kappa shape index (κ3) is 3.11. The normalized spacial score (nSPS) is 10.2. The van der Waals surface area contributed by atoms with Crippen molar-refractivity contribution in [3.05, 3.63) is 52.8 Å². The van der Waals surface area contributed by atoms with Gasteiger partial charge in [0.05, 0.1) is 5.69 Å². The molecule has 0 bridgehead atoms. The summed E-state index contributed by atoms with van der Waals surface area (Å²) in [5, 5.41) is 0.604. The van der Waals surface area contributed by atoms with Crippen LogP contribution in [0, 0.1) is 6.92 Å². The second-order valence-electron chi connectivity index (χ2n) is 3.84. The summed E-state index contributed by atoms with van der Waals surface area (Å²) in [5.74, 6) is 0.635. The highest BCUT2D eigenvalue weighted by molar-refractivity contribution is 6.30. The largest absolute Gasteiger partial charge is 0.487 e. The van der Waals surface area contributed by atoms with Gasteiger partial charge in [0.25, 0.3) is 0 Å². The first kappa shape index (κ1) is 11.7. The van der Waals surface area contributed by atoms with Crippen LogP contribution in [0.1, 0.15) is 11.1 Å². The summed E-state index contributed by atoms with van der Waals surface area (Å²) in [6.07, 6.45) is 3.58. The molecule has 2 rings (SSSR count). The predicted octanol–water partition coefficient (Wildman–Crippen LogP) is 3.20. The minimum absolute atomic E-state index is 0.445. The lowest BCUT2D eigenvalue weighted by atomic mass is 10.2. The number of nitrogens with two attached hydrogens (primary N) is 1. The molecule has 0 atom stereocenters. The van der Waals surface area contributed by atoms with E-state index in [-0.39, 0.29) is 0 Å². The van der Waals surface area contributed by atoms with Gasteiger partial charge in [-0.05, 0) is 36.8 Å². The number of nitrogen functional groups attached to an aromatic ring is 1. The van der Waals surface area contributed by atoms with Crippen LogP contribution in [0.4, 0.5) is 5.69 Å². The number of rotatable bonds is 3. The van der Waals surface area contributed by atoms with E-state index in [1.54, 1.807) is 30.6 Å². The molecule has 0 aliphatic carbocycles. The van der Waals surface area contributed by atoms with Crippen LogP contribution in [0.15, 0.2) is 36.7 Å². The van der Waals surface area contributed by atoms with Crippen molar-refractivity contribution < 1.29 is 4.74 Å². The quantitative estimate of drug-likeness (QED) is 0.849. The van der Waals surface area contributed by atoms with Crippen LogP contribution in [0.2, 0.25) is 5.02 Å². The monoisotopic (exact) mass is 248 g/mol. The van der Waals surface area contributed by atoms with E-state index < -0.39 is 0 Å². The van der Waals surface area contributed by atoms with Crippen molar-refractivity contribution in [3.63, 3.8) is 0 Å². The number of nitrogens with zero attached hydrogens (tertiary/aromatic N) is 1. The van der Waals surface area contributed by atoms with Gasteiger partial charge in [-0.3, -0.25) is 4.98 Å². The van der Waals surface area contributed by atoms with Crippen molar-refractivity contribution >= 4 is 17.3 Å². The number of hydrogen-bond donors (Lipinski definition) is 1. The molecular formula is C13H13ClN2O. The van der Waals surface area contributed by atoms with Crippen LogP contribution in [0.5, 0.6) is 5.75 Å². The third-order valence-corrected chi connectivity index (χ3v) is 2.53. The van der Waals surface area contributed by atoms with Crippen molar-refractivity contribution in [2.45, 2.75) is 13.5 Å². The van der Waals surface area contributed by atoms with Crippen LogP contribution < -0.4 is 10.5 Å². The Morgan fingerprint density at radius 2 is 2.12 bits per heavy atom. The van der Waals surface area contributed by atoms with Gasteiger partial charge in [0.1, 0.15) is 12.4 Å². The molecule has 0 saturated carbocycles. The van der Waals surface area contributed by atoms with Gasteiger partial charge in [-0.25, -0.2) is 0 Å². The van der Waals surface area contributed by atoms with E-state index in [0.29, 0.717) is 23.1 Å². The molecule has 88 valence electrons. The van der Waals surface area contributed by atoms with Crippen molar-refractivity contribution in [1.29, 1.82) is 0 Å². The summed E-state index contributed by atoms with van der Waals surface area (Å²) in [6, 6.07) is 7.22. The number of hydrogen-bond acceptors (Lipinski definition) is 3. The zero-order chi connectivity index (χ0) is 12.3. The maximum atomic E-state index is 5.81. The summed E-state index contributed by atoms with van der Waals surface area (Å²) in [4.78, 5) is 4.10. The van der Waals surface area contributed by atoms with Crippen LogP contribution in [-0.4, -0.2) is 4.98 Å². The van der Waals surface area contributed by atoms with E-state index in [9.17, 15) is 0 Å². The van der Waals surface area contributed by atoms with Gasteiger partial charge in [0.2, 0.25) is 0 Å². The van der Waals surface area contributed by atoms with E-state index >= 15 is 0 Å². The second-order valence-corrected chi connectivity index (χ2v) is 4.28. The van der Waals surface area contributed by atoms with Gasteiger partial charge in [-0.1, -0.05) is 11.6 Å². The lowest BCUT2D eigenvalue weighted by Gasteiger charge is -2.09. The fraction of sp³-hybridized carbons (Fsp3) is 0.154. The van der Waals surface area contributed by atoms with E-state index in [1.165, 1.54) is 0 Å². The highest BCUT2D eigenvalue weighted by atomic mass is 35.5. The summed E-state index contributed by atoms with van der Waals surface area (Å²) in [5.41, 5.74) is 8.45. The number of halogens is 1. The maximum Gasteiger partial charge on any atom is 0.142 e. The molecule has 4 heteroatoms. The van der Waals surface area contributed by atoms with Crippen LogP contribution in [0.3, 0.4) is 0 Å². The molecule has 1 aromatic carbocycles. The van der Waals surface area contributed by atoms with Crippen LogP contribution in [-0.2, 0) is 6.61 Å². The average Bonchev–Trinajstić information content (AvgIpc) is 2.28. The molecule has 0 radical (unpaired) electrons. The highest BCUT2D eigenvalue weighted by Gasteiger charge is 2.02. The number of pyridine rings is 1. The van der Waals surface area contributed by atoms with E-state index in [1.807, 2.05) is 13.0 Å². The molecule has 17 heavy (non-hydrogen) atoms. The Balaban J connectivity index is 2.07. The first-order valence-corrected chi connectivity index (χ1v) is 5.61. The third-order valence-electron chi connectivity index (χ3n) is 2.30. The summed E-state index contributed by atoms with van der Waals surface area (Å²) in [7, 11) is 0. The smallest absolute Gasteiger partial charge is 0.142 e. The van der Waals surface area contributed by atoms with E-state index in [0.717, 1.165) is 11.1 Å². The fourth-order valence-corrected chi connectivity index (χ4v) is 1.69. The van der Waals surface area contributed by atoms with Crippen molar-refractivity contribution in [2.75, 3.05) is 5.73 Å². The summed E-state index contributed by atoms with van der Waals surface area (Å²) < 4.78 is 5.61. The molecule has 3 nitrogen and oxygen atoms in total. The number of ether oxygens (including phenoxy) is 1. The topological polar surface area (TPSA) is 48.1 Å². The zero-order valence-corrected chi connectivity index (χ0v) is 10.2. The molecule has 0 aliphatic heterocycles. The Morgan fingerprint density at radius 3 is 2.82 bits per heavy atom. The minimum atomic E-state index is 0.445. The Kier molecular flexibility index (Phi) is 3.49. The fourth-order valence-electron chi connectivity index (χ4n) is 1.51. The van der Waals surface area contributed by atoms with E-state index in [2.05, 4.69) is 4.98 Å². The second kappa shape index (κ2) is 5.06. The van der Waals surface area contributed by atoms with Gasteiger partial charge in [-0.15, -0.1) is 0 Å². The predicted molar refractivity (Wildman–Crippen MR) is 69.2 cm³/mol. The Labute approximate surface area is 105 Å². The maximum absolute atomic E-state index is 5.81. The van der Waals surface area contributed by atoms with Gasteiger partial charge in [0, 0.05) is 23.0 Å². The first-order chi connectivity index (χ1) is 8.15. The highest BCUT2D eigenvalue weighted by Crippen LogP contribution is 2.25. The molecule has 0 spiro atoms. The Hall–Kier alpha value is -1.74. The molecular weight excluding hydrogens is 236 g/mol. The molecule has 2 N–H and O–H groups in total. The van der Waals surface area contributed by atoms with Gasteiger partial charge in [0.15, 0.2) is 0 Å². The standard InChI is InChI=1S/C13H13ClN2O/c1-9-4-10(7-16-6-9)8-17-13-3-2-11(14)5-12(13)15/h2-7H,8,15H2,1H3. The Morgan fingerprint density at radius 1 is 1.29 bits per heavy atom. The van der Waals surface area contributed by atoms with Crippen LogP contribution >= 0.6 is 11.6 Å². The summed E-state index contributed by atoms with van der Waals surface area (Å²) in [6.45, 7) is 2.44. The van der Waals surface area contributed by atoms with Gasteiger partial charge >= 0.3 is 0 Å². The van der Waals surface area contributed by atoms with Crippen LogP contribution in [0.25, 0.3) is 0 Å². The van der Waals surface area contributed by atoms with Gasteiger partial charge < -0.3 is 10.5 Å². The van der Waals surface area contributed by atoms with Crippen molar-refractivity contribution in [3.8, 4) is 5.75 Å². The first-order valence-electron chi connectivity index (χ1n) is 5.23. The molecule has 0 saturated heterocycles.